The first-order chi connectivity index (χ1) is 15.6. The van der Waals surface area contributed by atoms with Crippen LogP contribution >= 0.6 is 23.4 Å². The summed E-state index contributed by atoms with van der Waals surface area (Å²) in [6.45, 7) is 5.59. The van der Waals surface area contributed by atoms with E-state index in [1.165, 1.54) is 18.9 Å². The minimum Gasteiger partial charge on any atom is -0.498 e. The van der Waals surface area contributed by atoms with E-state index in [4.69, 9.17) is 30.5 Å². The number of nitrogens with one attached hydrogen (secondary N) is 1. The van der Waals surface area contributed by atoms with Crippen molar-refractivity contribution < 1.29 is 28.5 Å². The number of hydrogen-bond acceptors (Lipinski definition) is 7. The van der Waals surface area contributed by atoms with Gasteiger partial charge in [-0.2, -0.15) is 0 Å². The van der Waals surface area contributed by atoms with Crippen LogP contribution in [0.4, 0.5) is 5.69 Å². The second-order valence-electron chi connectivity index (χ2n) is 8.42. The SMILES string of the molecule is COC1=CC=CC(C)([C@H]2S[C@H](CC(=O)OC(C)C)C(=O)Nc3c(OC)cc(Cl)cc32)C1OC. The van der Waals surface area contributed by atoms with Crippen LogP contribution in [0.25, 0.3) is 0 Å². The molecule has 0 bridgehead atoms. The van der Waals surface area contributed by atoms with Crippen molar-refractivity contribution >= 4 is 40.9 Å². The number of fused-ring (bicyclic) bond motifs is 1. The third-order valence-electron chi connectivity index (χ3n) is 5.74. The van der Waals surface area contributed by atoms with Gasteiger partial charge in [0.2, 0.25) is 5.91 Å². The molecule has 1 heterocycles. The zero-order valence-corrected chi connectivity index (χ0v) is 21.2. The Morgan fingerprint density at radius 1 is 1.24 bits per heavy atom. The number of anilines is 1. The molecule has 3 rings (SSSR count). The number of carbonyl (C=O) groups excluding carboxylic acids is 2. The Labute approximate surface area is 203 Å². The molecule has 0 saturated carbocycles. The summed E-state index contributed by atoms with van der Waals surface area (Å²) in [6.07, 6.45) is 5.04. The summed E-state index contributed by atoms with van der Waals surface area (Å²) in [7, 11) is 4.74. The van der Waals surface area contributed by atoms with Crippen molar-refractivity contribution in [3.63, 3.8) is 0 Å². The molecule has 7 nitrogen and oxygen atoms in total. The fourth-order valence-corrected chi connectivity index (χ4v) is 6.08. The second-order valence-corrected chi connectivity index (χ2v) is 10.2. The summed E-state index contributed by atoms with van der Waals surface area (Å²) >= 11 is 7.83. The minimum absolute atomic E-state index is 0.0698. The van der Waals surface area contributed by atoms with E-state index in [2.05, 4.69) is 5.32 Å². The smallest absolute Gasteiger partial charge is 0.307 e. The average Bonchev–Trinajstić information content (AvgIpc) is 2.89. The Balaban J connectivity index is 2.14. The lowest BCUT2D eigenvalue weighted by Crippen LogP contribution is -2.40. The summed E-state index contributed by atoms with van der Waals surface area (Å²) in [4.78, 5) is 25.7. The minimum atomic E-state index is -0.697. The van der Waals surface area contributed by atoms with Crippen LogP contribution in [0.1, 0.15) is 38.0 Å². The monoisotopic (exact) mass is 495 g/mol. The second kappa shape index (κ2) is 10.4. The molecular weight excluding hydrogens is 466 g/mol. The number of esters is 1. The molecule has 2 aliphatic rings. The van der Waals surface area contributed by atoms with E-state index in [1.54, 1.807) is 34.1 Å². The largest absolute Gasteiger partial charge is 0.498 e. The molecule has 0 fully saturated rings. The molecule has 1 aromatic rings. The molecule has 0 radical (unpaired) electrons. The molecule has 0 aromatic heterocycles. The van der Waals surface area contributed by atoms with Gasteiger partial charge >= 0.3 is 5.97 Å². The van der Waals surface area contributed by atoms with Crippen LogP contribution < -0.4 is 10.1 Å². The van der Waals surface area contributed by atoms with Crippen molar-refractivity contribution in [1.82, 2.24) is 0 Å². The molecule has 2 unspecified atom stereocenters. The summed E-state index contributed by atoms with van der Waals surface area (Å²) in [5.41, 5.74) is 0.669. The van der Waals surface area contributed by atoms with E-state index < -0.39 is 22.7 Å². The maximum absolute atomic E-state index is 13.2. The van der Waals surface area contributed by atoms with Gasteiger partial charge in [-0.3, -0.25) is 9.59 Å². The van der Waals surface area contributed by atoms with Crippen LogP contribution in [0, 0.1) is 5.41 Å². The molecule has 1 aromatic carbocycles. The number of rotatable bonds is 7. The molecule has 1 amide bonds. The van der Waals surface area contributed by atoms with Crippen LogP contribution in [0.15, 0.2) is 36.1 Å². The first kappa shape index (κ1) is 25.5. The van der Waals surface area contributed by atoms with Gasteiger partial charge < -0.3 is 24.3 Å². The van der Waals surface area contributed by atoms with Crippen molar-refractivity contribution in [1.29, 1.82) is 0 Å². The molecule has 9 heteroatoms. The number of amides is 1. The number of thioether (sulfide) groups is 1. The number of ether oxygens (including phenoxy) is 4. The average molecular weight is 496 g/mol. The van der Waals surface area contributed by atoms with Gasteiger partial charge in [-0.25, -0.2) is 0 Å². The van der Waals surface area contributed by atoms with Crippen molar-refractivity contribution in [2.45, 2.75) is 49.9 Å². The summed E-state index contributed by atoms with van der Waals surface area (Å²) in [5, 5.41) is 2.40. The van der Waals surface area contributed by atoms with Crippen LogP contribution in [0.2, 0.25) is 5.02 Å². The number of hydrogen-bond donors (Lipinski definition) is 1. The zero-order chi connectivity index (χ0) is 24.3. The number of carbonyl (C=O) groups is 2. The third-order valence-corrected chi connectivity index (χ3v) is 7.70. The zero-order valence-electron chi connectivity index (χ0n) is 19.6. The van der Waals surface area contributed by atoms with Crippen molar-refractivity contribution in [2.75, 3.05) is 26.6 Å². The van der Waals surface area contributed by atoms with Gasteiger partial charge in [0.25, 0.3) is 0 Å². The maximum Gasteiger partial charge on any atom is 0.307 e. The van der Waals surface area contributed by atoms with E-state index in [0.717, 1.165) is 5.56 Å². The predicted octanol–water partition coefficient (Wildman–Crippen LogP) is 4.91. The van der Waals surface area contributed by atoms with Crippen LogP contribution in [0.5, 0.6) is 5.75 Å². The van der Waals surface area contributed by atoms with Crippen molar-refractivity contribution in [3.05, 3.63) is 46.7 Å². The Morgan fingerprint density at radius 2 is 1.97 bits per heavy atom. The molecule has 33 heavy (non-hydrogen) atoms. The van der Waals surface area contributed by atoms with Gasteiger partial charge in [-0.05, 0) is 31.6 Å². The van der Waals surface area contributed by atoms with E-state index in [-0.39, 0.29) is 23.7 Å². The van der Waals surface area contributed by atoms with Gasteiger partial charge in [-0.1, -0.05) is 30.7 Å². The predicted molar refractivity (Wildman–Crippen MR) is 130 cm³/mol. The van der Waals surface area contributed by atoms with E-state index in [0.29, 0.717) is 22.2 Å². The summed E-state index contributed by atoms with van der Waals surface area (Å²) in [6, 6.07) is 3.48. The standard InChI is InChI=1S/C24H30ClNO6S/c1-13(2)32-19(27)12-18-23(28)26-20-15(10-14(25)11-17(20)30-5)22(33-18)24(3)9-7-8-16(29-4)21(24)31-6/h7-11,13,18,21-22H,12H2,1-6H3,(H,26,28)/t18-,21?,22+,24?/m1/s1. The Bertz CT molecular complexity index is 978. The fraction of sp³-hybridized carbons (Fsp3) is 0.500. The van der Waals surface area contributed by atoms with Crippen molar-refractivity contribution in [3.8, 4) is 5.75 Å². The fourth-order valence-electron chi connectivity index (χ4n) is 4.29. The number of benzene rings is 1. The number of allylic oxidation sites excluding steroid dienone is 2. The molecule has 0 saturated heterocycles. The number of methoxy groups -OCH3 is 3. The molecule has 0 spiro atoms. The highest BCUT2D eigenvalue weighted by atomic mass is 35.5. The van der Waals surface area contributed by atoms with Gasteiger partial charge in [-0.15, -0.1) is 11.8 Å². The Hall–Kier alpha value is -2.16. The lowest BCUT2D eigenvalue weighted by molar-refractivity contribution is -0.148. The first-order valence-corrected chi connectivity index (χ1v) is 12.0. The first-order valence-electron chi connectivity index (χ1n) is 10.6. The van der Waals surface area contributed by atoms with Crippen LogP contribution in [-0.4, -0.2) is 50.7 Å². The normalized spacial score (nSPS) is 26.7. The van der Waals surface area contributed by atoms with Gasteiger partial charge in [0.05, 0.1) is 37.7 Å². The Morgan fingerprint density at radius 3 is 2.58 bits per heavy atom. The lowest BCUT2D eigenvalue weighted by Gasteiger charge is -2.43. The summed E-state index contributed by atoms with van der Waals surface area (Å²) < 4.78 is 22.3. The quantitative estimate of drug-likeness (QED) is 0.538. The number of halogens is 1. The highest BCUT2D eigenvalue weighted by molar-refractivity contribution is 8.01. The third kappa shape index (κ3) is 5.18. The molecule has 4 atom stereocenters. The van der Waals surface area contributed by atoms with Gasteiger partial charge in [0, 0.05) is 28.9 Å². The molecule has 1 aliphatic heterocycles. The molecular formula is C24H30ClNO6S. The molecule has 180 valence electrons. The highest BCUT2D eigenvalue weighted by Gasteiger charge is 2.49. The topological polar surface area (TPSA) is 83.1 Å². The van der Waals surface area contributed by atoms with Crippen LogP contribution in [-0.2, 0) is 23.8 Å². The van der Waals surface area contributed by atoms with Crippen molar-refractivity contribution in [2.24, 2.45) is 5.41 Å². The van der Waals surface area contributed by atoms with E-state index >= 15 is 0 Å². The molecule has 1 aliphatic carbocycles. The Kier molecular flexibility index (Phi) is 8.03. The van der Waals surface area contributed by atoms with Crippen LogP contribution in [0.3, 0.4) is 0 Å². The highest BCUT2D eigenvalue weighted by Crippen LogP contribution is 2.57. The van der Waals surface area contributed by atoms with E-state index in [9.17, 15) is 9.59 Å². The van der Waals surface area contributed by atoms with E-state index in [1.807, 2.05) is 31.2 Å². The van der Waals surface area contributed by atoms with Gasteiger partial charge in [0.1, 0.15) is 17.6 Å². The maximum atomic E-state index is 13.2. The van der Waals surface area contributed by atoms with Gasteiger partial charge in [0.15, 0.2) is 0 Å². The molecule has 1 N–H and O–H groups in total. The lowest BCUT2D eigenvalue weighted by atomic mass is 9.74. The summed E-state index contributed by atoms with van der Waals surface area (Å²) in [5.74, 6) is 0.377.